The molecule has 0 saturated carbocycles. The Bertz CT molecular complexity index is 492. The highest BCUT2D eigenvalue weighted by Gasteiger charge is 2.12. The van der Waals surface area contributed by atoms with Gasteiger partial charge in [0.15, 0.2) is 11.6 Å². The molecule has 2 aromatic rings. The highest BCUT2D eigenvalue weighted by molar-refractivity contribution is 6.16. The van der Waals surface area contributed by atoms with E-state index in [9.17, 15) is 0 Å². The van der Waals surface area contributed by atoms with Crippen molar-refractivity contribution < 1.29 is 0 Å². The fourth-order valence-electron chi connectivity index (χ4n) is 1.95. The first-order valence-corrected chi connectivity index (χ1v) is 5.97. The lowest BCUT2D eigenvalue weighted by Gasteiger charge is -2.10. The molecular formula is C12H15ClN4. The minimum atomic E-state index is 0.319. The predicted octanol–water partition coefficient (Wildman–Crippen LogP) is 2.08. The number of rotatable bonds is 3. The van der Waals surface area contributed by atoms with Gasteiger partial charge in [-0.15, -0.1) is 21.8 Å². The second-order valence-corrected chi connectivity index (χ2v) is 4.32. The van der Waals surface area contributed by atoms with Gasteiger partial charge in [0.2, 0.25) is 0 Å². The average molecular weight is 251 g/mol. The Morgan fingerprint density at radius 1 is 1.12 bits per heavy atom. The van der Waals surface area contributed by atoms with Gasteiger partial charge < -0.3 is 5.73 Å². The summed E-state index contributed by atoms with van der Waals surface area (Å²) in [5.41, 5.74) is 9.07. The van der Waals surface area contributed by atoms with Gasteiger partial charge in [-0.2, -0.15) is 0 Å². The van der Waals surface area contributed by atoms with E-state index in [0.29, 0.717) is 12.4 Å². The Kier molecular flexibility index (Phi) is 3.45. The number of nitrogens with zero attached hydrogens (tertiary/aromatic N) is 3. The molecule has 0 radical (unpaired) electrons. The molecule has 0 aliphatic rings. The number of hydrogen-bond donors (Lipinski definition) is 1. The first-order chi connectivity index (χ1) is 8.15. The lowest BCUT2D eigenvalue weighted by atomic mass is 10.1. The molecule has 0 bridgehead atoms. The highest BCUT2D eigenvalue weighted by atomic mass is 35.5. The van der Waals surface area contributed by atoms with Crippen LogP contribution >= 0.6 is 11.6 Å². The quantitative estimate of drug-likeness (QED) is 0.849. The first-order valence-electron chi connectivity index (χ1n) is 5.43. The molecule has 1 aromatic heterocycles. The van der Waals surface area contributed by atoms with Crippen molar-refractivity contribution >= 4 is 11.6 Å². The summed E-state index contributed by atoms with van der Waals surface area (Å²) < 4.78 is 1.92. The molecule has 0 atom stereocenters. The van der Waals surface area contributed by atoms with Crippen molar-refractivity contribution in [2.24, 2.45) is 5.73 Å². The van der Waals surface area contributed by atoms with E-state index >= 15 is 0 Å². The van der Waals surface area contributed by atoms with Gasteiger partial charge in [-0.05, 0) is 37.1 Å². The molecule has 0 aliphatic heterocycles. The Morgan fingerprint density at radius 2 is 1.71 bits per heavy atom. The summed E-state index contributed by atoms with van der Waals surface area (Å²) in [5, 5.41) is 8.09. The van der Waals surface area contributed by atoms with Crippen LogP contribution in [0.15, 0.2) is 18.2 Å². The van der Waals surface area contributed by atoms with Crippen molar-refractivity contribution in [1.29, 1.82) is 0 Å². The fraction of sp³-hybridized carbons (Fsp3) is 0.333. The maximum absolute atomic E-state index is 5.87. The van der Waals surface area contributed by atoms with Gasteiger partial charge >= 0.3 is 0 Å². The predicted molar refractivity (Wildman–Crippen MR) is 68.3 cm³/mol. The van der Waals surface area contributed by atoms with E-state index in [1.807, 2.05) is 4.57 Å². The van der Waals surface area contributed by atoms with E-state index in [-0.39, 0.29) is 0 Å². The third kappa shape index (κ3) is 2.33. The maximum Gasteiger partial charge on any atom is 0.152 e. The number of halogens is 1. The molecule has 2 rings (SSSR count). The third-order valence-electron chi connectivity index (χ3n) is 2.56. The second-order valence-electron chi connectivity index (χ2n) is 4.05. The van der Waals surface area contributed by atoms with Crippen LogP contribution in [0.3, 0.4) is 0 Å². The van der Waals surface area contributed by atoms with Crippen molar-refractivity contribution in [2.45, 2.75) is 26.3 Å². The Morgan fingerprint density at radius 3 is 2.24 bits per heavy atom. The van der Waals surface area contributed by atoms with Crippen LogP contribution in [-0.4, -0.2) is 14.8 Å². The molecule has 90 valence electrons. The average Bonchev–Trinajstić information content (AvgIpc) is 2.70. The van der Waals surface area contributed by atoms with E-state index in [4.69, 9.17) is 17.3 Å². The molecule has 0 aliphatic carbocycles. The molecule has 0 fully saturated rings. The van der Waals surface area contributed by atoms with E-state index in [1.165, 1.54) is 11.1 Å². The molecule has 4 nitrogen and oxygen atoms in total. The number of aromatic nitrogens is 3. The number of benzene rings is 1. The van der Waals surface area contributed by atoms with Crippen LogP contribution in [0.25, 0.3) is 5.69 Å². The van der Waals surface area contributed by atoms with Gasteiger partial charge in [-0.1, -0.05) is 6.07 Å². The number of aryl methyl sites for hydroxylation is 2. The Balaban J connectivity index is 2.61. The highest BCUT2D eigenvalue weighted by Crippen LogP contribution is 2.18. The van der Waals surface area contributed by atoms with Crippen LogP contribution in [0.1, 0.15) is 22.8 Å². The van der Waals surface area contributed by atoms with Gasteiger partial charge in [0, 0.05) is 5.69 Å². The lowest BCUT2D eigenvalue weighted by molar-refractivity contribution is 0.846. The molecule has 0 unspecified atom stereocenters. The standard InChI is InChI=1S/C12H15ClN4/c1-8-3-9(2)5-10(4-8)17-11(6-13)15-16-12(17)7-14/h3-5H,6-7,14H2,1-2H3. The third-order valence-corrected chi connectivity index (χ3v) is 2.80. The summed E-state index contributed by atoms with van der Waals surface area (Å²) in [6.07, 6.45) is 0. The number of nitrogens with two attached hydrogens (primary N) is 1. The SMILES string of the molecule is Cc1cc(C)cc(-n2c(CN)nnc2CCl)c1. The van der Waals surface area contributed by atoms with Gasteiger partial charge in [0.05, 0.1) is 12.4 Å². The van der Waals surface area contributed by atoms with E-state index < -0.39 is 0 Å². The maximum atomic E-state index is 5.87. The topological polar surface area (TPSA) is 56.7 Å². The Hall–Kier alpha value is -1.39. The second kappa shape index (κ2) is 4.85. The molecule has 1 aromatic carbocycles. The van der Waals surface area contributed by atoms with Crippen molar-refractivity contribution in [1.82, 2.24) is 14.8 Å². The van der Waals surface area contributed by atoms with Crippen LogP contribution < -0.4 is 5.73 Å². The fourth-order valence-corrected chi connectivity index (χ4v) is 2.12. The summed E-state index contributed by atoms with van der Waals surface area (Å²) in [6.45, 7) is 4.46. The normalized spacial score (nSPS) is 10.8. The van der Waals surface area contributed by atoms with Crippen LogP contribution in [0.2, 0.25) is 0 Å². The summed E-state index contributed by atoms with van der Waals surface area (Å²) in [4.78, 5) is 0. The molecule has 1 heterocycles. The number of hydrogen-bond acceptors (Lipinski definition) is 3. The van der Waals surface area contributed by atoms with E-state index in [2.05, 4.69) is 42.2 Å². The molecule has 17 heavy (non-hydrogen) atoms. The molecule has 0 amide bonds. The monoisotopic (exact) mass is 250 g/mol. The first kappa shape index (κ1) is 12.1. The van der Waals surface area contributed by atoms with E-state index in [0.717, 1.165) is 17.3 Å². The van der Waals surface area contributed by atoms with Crippen molar-refractivity contribution in [2.75, 3.05) is 0 Å². The molecule has 0 spiro atoms. The largest absolute Gasteiger partial charge is 0.324 e. The zero-order chi connectivity index (χ0) is 12.4. The smallest absolute Gasteiger partial charge is 0.152 e. The molecule has 2 N–H and O–H groups in total. The van der Waals surface area contributed by atoms with Gasteiger partial charge in [0.25, 0.3) is 0 Å². The van der Waals surface area contributed by atoms with Crippen molar-refractivity contribution in [3.8, 4) is 5.69 Å². The van der Waals surface area contributed by atoms with Crippen LogP contribution in [0, 0.1) is 13.8 Å². The summed E-state index contributed by atoms with van der Waals surface area (Å²) >= 11 is 5.87. The zero-order valence-electron chi connectivity index (χ0n) is 9.94. The number of alkyl halides is 1. The zero-order valence-corrected chi connectivity index (χ0v) is 10.7. The minimum absolute atomic E-state index is 0.319. The van der Waals surface area contributed by atoms with Gasteiger partial charge in [0.1, 0.15) is 0 Å². The van der Waals surface area contributed by atoms with Crippen LogP contribution in [-0.2, 0) is 12.4 Å². The molecular weight excluding hydrogens is 236 g/mol. The van der Waals surface area contributed by atoms with Crippen molar-refractivity contribution in [3.63, 3.8) is 0 Å². The Labute approximate surface area is 105 Å². The minimum Gasteiger partial charge on any atom is -0.324 e. The molecule has 5 heteroatoms. The van der Waals surface area contributed by atoms with Crippen LogP contribution in [0.5, 0.6) is 0 Å². The molecule has 0 saturated heterocycles. The summed E-state index contributed by atoms with van der Waals surface area (Å²) in [5.74, 6) is 1.77. The van der Waals surface area contributed by atoms with Crippen LogP contribution in [0.4, 0.5) is 0 Å². The summed E-state index contributed by atoms with van der Waals surface area (Å²) in [6, 6.07) is 6.27. The van der Waals surface area contributed by atoms with Gasteiger partial charge in [-0.25, -0.2) is 0 Å². The van der Waals surface area contributed by atoms with Gasteiger partial charge in [-0.3, -0.25) is 4.57 Å². The van der Waals surface area contributed by atoms with E-state index in [1.54, 1.807) is 0 Å². The summed E-state index contributed by atoms with van der Waals surface area (Å²) in [7, 11) is 0. The van der Waals surface area contributed by atoms with Crippen molar-refractivity contribution in [3.05, 3.63) is 41.0 Å². The lowest BCUT2D eigenvalue weighted by Crippen LogP contribution is -2.09.